The van der Waals surface area contributed by atoms with Crippen LogP contribution in [-0.2, 0) is 0 Å². The van der Waals surface area contributed by atoms with Gasteiger partial charge < -0.3 is 0 Å². The quantitative estimate of drug-likeness (QED) is 0.194. The third kappa shape index (κ3) is 20.0. The molecule has 0 N–H and O–H groups in total. The van der Waals surface area contributed by atoms with Gasteiger partial charge in [-0.25, -0.2) is 0 Å². The summed E-state index contributed by atoms with van der Waals surface area (Å²) in [6.07, 6.45) is 28.1. The zero-order valence-electron chi connectivity index (χ0n) is 17.1. The summed E-state index contributed by atoms with van der Waals surface area (Å²) in [6, 6.07) is 0. The van der Waals surface area contributed by atoms with Gasteiger partial charge in [-0.1, -0.05) is 149 Å². The molecule has 0 heteroatoms. The van der Waals surface area contributed by atoms with Crippen LogP contribution < -0.4 is 0 Å². The van der Waals surface area contributed by atoms with Crippen molar-refractivity contribution in [2.24, 2.45) is 5.92 Å². The molecule has 0 nitrogen and oxygen atoms in total. The Kier molecular flexibility index (Phi) is 21.0. The molecule has 0 aromatic heterocycles. The monoisotopic (exact) mass is 336 g/mol. The summed E-state index contributed by atoms with van der Waals surface area (Å²) in [5.74, 6) is 0.958. The number of rotatable bonds is 20. The Morgan fingerprint density at radius 3 is 0.958 bits per heavy atom. The number of hydrogen-bond acceptors (Lipinski definition) is 0. The zero-order valence-corrected chi connectivity index (χ0v) is 17.1. The van der Waals surface area contributed by atoms with Gasteiger partial charge in [-0.3, -0.25) is 0 Å². The molecule has 0 aliphatic carbocycles. The van der Waals surface area contributed by atoms with Gasteiger partial charge in [-0.05, 0) is 5.92 Å². The van der Waals surface area contributed by atoms with E-state index < -0.39 is 0 Å². The number of unbranched alkanes of at least 4 members (excludes halogenated alkanes) is 16. The lowest BCUT2D eigenvalue weighted by Gasteiger charge is -2.11. The summed E-state index contributed by atoms with van der Waals surface area (Å²) in [5, 5.41) is 0. The summed E-state index contributed by atoms with van der Waals surface area (Å²) in [4.78, 5) is 0. The summed E-state index contributed by atoms with van der Waals surface area (Å²) >= 11 is 0. The van der Waals surface area contributed by atoms with Gasteiger partial charge in [0.1, 0.15) is 0 Å². The van der Waals surface area contributed by atoms with E-state index in [4.69, 9.17) is 0 Å². The minimum absolute atomic E-state index is 0.958. The molecule has 0 unspecified atom stereocenters. The fourth-order valence-electron chi connectivity index (χ4n) is 3.60. The highest BCUT2D eigenvalue weighted by Crippen LogP contribution is 2.19. The second kappa shape index (κ2) is 21.0. The Balaban J connectivity index is 3.12. The molecule has 0 aromatic rings. The summed E-state index contributed by atoms with van der Waals surface area (Å²) < 4.78 is 0. The SMILES string of the molecule is [CH2]CCCCCCCCCCC(C)CCCCCCCCCC[CH2]. The smallest absolute Gasteiger partial charge is 0.0443 e. The van der Waals surface area contributed by atoms with Crippen LogP contribution in [0.2, 0.25) is 0 Å². The standard InChI is InChI=1S/C24H48/c1-4-6-8-10-12-14-16-18-20-22-24(3)23-21-19-17-15-13-11-9-7-5-2/h24H,1-2,4-23H2,3H3. The molecule has 0 rings (SSSR count). The van der Waals surface area contributed by atoms with Gasteiger partial charge in [-0.2, -0.15) is 0 Å². The van der Waals surface area contributed by atoms with Crippen molar-refractivity contribution in [3.63, 3.8) is 0 Å². The van der Waals surface area contributed by atoms with E-state index in [2.05, 4.69) is 20.8 Å². The van der Waals surface area contributed by atoms with Crippen LogP contribution in [0.5, 0.6) is 0 Å². The first-order chi connectivity index (χ1) is 11.8. The first-order valence-electron chi connectivity index (χ1n) is 11.4. The summed E-state index contributed by atoms with van der Waals surface area (Å²) in [7, 11) is 0. The van der Waals surface area contributed by atoms with E-state index in [1.807, 2.05) is 0 Å². The van der Waals surface area contributed by atoms with Crippen LogP contribution in [0.15, 0.2) is 0 Å². The minimum Gasteiger partial charge on any atom is -0.0625 e. The van der Waals surface area contributed by atoms with Crippen molar-refractivity contribution in [3.8, 4) is 0 Å². The first-order valence-corrected chi connectivity index (χ1v) is 11.4. The molecule has 0 aliphatic rings. The Morgan fingerprint density at radius 2 is 0.667 bits per heavy atom. The molecular formula is C24H48. The van der Waals surface area contributed by atoms with E-state index in [0.717, 1.165) is 18.8 Å². The van der Waals surface area contributed by atoms with E-state index in [-0.39, 0.29) is 0 Å². The van der Waals surface area contributed by atoms with Gasteiger partial charge >= 0.3 is 0 Å². The zero-order chi connectivity index (χ0) is 17.7. The largest absolute Gasteiger partial charge is 0.0625 e. The molecule has 0 spiro atoms. The molecule has 2 radical (unpaired) electrons. The molecule has 0 fully saturated rings. The molecular weight excluding hydrogens is 288 g/mol. The van der Waals surface area contributed by atoms with E-state index in [9.17, 15) is 0 Å². The van der Waals surface area contributed by atoms with Crippen LogP contribution in [0.3, 0.4) is 0 Å². The fraction of sp³-hybridized carbons (Fsp3) is 0.917. The molecule has 0 heterocycles. The van der Waals surface area contributed by atoms with Crippen LogP contribution in [-0.4, -0.2) is 0 Å². The normalized spacial score (nSPS) is 11.5. The van der Waals surface area contributed by atoms with Crippen molar-refractivity contribution in [2.75, 3.05) is 0 Å². The van der Waals surface area contributed by atoms with Crippen LogP contribution >= 0.6 is 0 Å². The Labute approximate surface area is 155 Å². The van der Waals surface area contributed by atoms with Crippen molar-refractivity contribution in [3.05, 3.63) is 13.8 Å². The van der Waals surface area contributed by atoms with Gasteiger partial charge in [0.25, 0.3) is 0 Å². The molecule has 0 aliphatic heterocycles. The Morgan fingerprint density at radius 1 is 0.417 bits per heavy atom. The highest BCUT2D eigenvalue weighted by atomic mass is 14.1. The van der Waals surface area contributed by atoms with E-state index in [1.165, 1.54) is 116 Å². The lowest BCUT2D eigenvalue weighted by atomic mass is 9.95. The molecule has 24 heavy (non-hydrogen) atoms. The number of hydrogen-bond donors (Lipinski definition) is 0. The van der Waals surface area contributed by atoms with Gasteiger partial charge in [0, 0.05) is 0 Å². The molecule has 0 bridgehead atoms. The third-order valence-electron chi connectivity index (χ3n) is 5.39. The lowest BCUT2D eigenvalue weighted by Crippen LogP contribution is -1.95. The molecule has 0 amide bonds. The van der Waals surface area contributed by atoms with E-state index >= 15 is 0 Å². The van der Waals surface area contributed by atoms with Crippen molar-refractivity contribution in [1.29, 1.82) is 0 Å². The Hall–Kier alpha value is 0. The predicted octanol–water partition coefficient (Wildman–Crippen LogP) is 9.09. The van der Waals surface area contributed by atoms with E-state index in [1.54, 1.807) is 0 Å². The fourth-order valence-corrected chi connectivity index (χ4v) is 3.60. The molecule has 0 atom stereocenters. The van der Waals surface area contributed by atoms with Gasteiger partial charge in [0.05, 0.1) is 0 Å². The van der Waals surface area contributed by atoms with Crippen LogP contribution in [0, 0.1) is 19.8 Å². The second-order valence-corrected chi connectivity index (χ2v) is 8.05. The van der Waals surface area contributed by atoms with Crippen molar-refractivity contribution in [1.82, 2.24) is 0 Å². The molecule has 0 aromatic carbocycles. The van der Waals surface area contributed by atoms with Gasteiger partial charge in [0.15, 0.2) is 0 Å². The maximum Gasteiger partial charge on any atom is -0.0443 e. The molecule has 144 valence electrons. The van der Waals surface area contributed by atoms with Crippen molar-refractivity contribution < 1.29 is 0 Å². The molecule has 0 saturated heterocycles. The van der Waals surface area contributed by atoms with Crippen LogP contribution in [0.1, 0.15) is 135 Å². The Bertz CT molecular complexity index is 186. The summed E-state index contributed by atoms with van der Waals surface area (Å²) in [6.45, 7) is 10.3. The highest BCUT2D eigenvalue weighted by Gasteiger charge is 2.02. The predicted molar refractivity (Wildman–Crippen MR) is 112 cm³/mol. The average Bonchev–Trinajstić information content (AvgIpc) is 2.59. The van der Waals surface area contributed by atoms with Crippen molar-refractivity contribution >= 4 is 0 Å². The van der Waals surface area contributed by atoms with Crippen LogP contribution in [0.4, 0.5) is 0 Å². The highest BCUT2D eigenvalue weighted by molar-refractivity contribution is 4.56. The maximum absolute atomic E-state index is 3.91. The van der Waals surface area contributed by atoms with Crippen molar-refractivity contribution in [2.45, 2.75) is 135 Å². The topological polar surface area (TPSA) is 0 Å². The second-order valence-electron chi connectivity index (χ2n) is 8.05. The third-order valence-corrected chi connectivity index (χ3v) is 5.39. The van der Waals surface area contributed by atoms with Gasteiger partial charge in [0.2, 0.25) is 0 Å². The van der Waals surface area contributed by atoms with Crippen LogP contribution in [0.25, 0.3) is 0 Å². The minimum atomic E-state index is 0.958. The van der Waals surface area contributed by atoms with E-state index in [0.29, 0.717) is 0 Å². The van der Waals surface area contributed by atoms with Gasteiger partial charge in [-0.15, -0.1) is 0 Å². The summed E-state index contributed by atoms with van der Waals surface area (Å²) in [5.41, 5.74) is 0. The lowest BCUT2D eigenvalue weighted by molar-refractivity contribution is 0.430. The average molecular weight is 337 g/mol. The first kappa shape index (κ1) is 24.0. The maximum atomic E-state index is 3.91. The molecule has 0 saturated carbocycles.